The number of ketones is 1. The molecular weight excluding hydrogens is 259 g/mol. The fourth-order valence-corrected chi connectivity index (χ4v) is 3.94. The SMILES string of the molecule is O=C1CCS(=O)(=O)c2c(Cl)ccc(Cl)c21. The highest BCUT2D eigenvalue weighted by Gasteiger charge is 2.32. The van der Waals surface area contributed by atoms with Crippen molar-refractivity contribution < 1.29 is 13.2 Å². The highest BCUT2D eigenvalue weighted by atomic mass is 35.5. The summed E-state index contributed by atoms with van der Waals surface area (Å²) in [5.41, 5.74) is 0.0374. The molecule has 0 aromatic heterocycles. The summed E-state index contributed by atoms with van der Waals surface area (Å²) in [7, 11) is -3.47. The Kier molecular flexibility index (Phi) is 2.53. The summed E-state index contributed by atoms with van der Waals surface area (Å²) in [4.78, 5) is 11.4. The van der Waals surface area contributed by atoms with Crippen LogP contribution < -0.4 is 0 Å². The zero-order valence-electron chi connectivity index (χ0n) is 7.46. The summed E-state index contributed by atoms with van der Waals surface area (Å²) in [6.07, 6.45) is -0.0323. The van der Waals surface area contributed by atoms with Gasteiger partial charge in [0.05, 0.1) is 26.3 Å². The first kappa shape index (κ1) is 10.9. The van der Waals surface area contributed by atoms with Gasteiger partial charge in [-0.05, 0) is 12.1 Å². The van der Waals surface area contributed by atoms with Crippen LogP contribution in [-0.4, -0.2) is 20.0 Å². The number of rotatable bonds is 0. The summed E-state index contributed by atoms with van der Waals surface area (Å²) >= 11 is 11.6. The minimum absolute atomic E-state index is 0.0323. The van der Waals surface area contributed by atoms with Crippen LogP contribution in [0.5, 0.6) is 0 Å². The van der Waals surface area contributed by atoms with Gasteiger partial charge in [-0.1, -0.05) is 23.2 Å². The monoisotopic (exact) mass is 264 g/mol. The molecule has 15 heavy (non-hydrogen) atoms. The van der Waals surface area contributed by atoms with E-state index in [1.165, 1.54) is 12.1 Å². The molecule has 1 aromatic rings. The molecule has 0 saturated heterocycles. The Morgan fingerprint density at radius 2 is 1.73 bits per heavy atom. The van der Waals surface area contributed by atoms with Crippen LogP contribution >= 0.6 is 23.2 Å². The lowest BCUT2D eigenvalue weighted by Crippen LogP contribution is -2.22. The second-order valence-corrected chi connectivity index (χ2v) is 6.09. The molecule has 0 unspecified atom stereocenters. The van der Waals surface area contributed by atoms with Gasteiger partial charge in [0.25, 0.3) is 0 Å². The Bertz CT molecular complexity index is 549. The fourth-order valence-electron chi connectivity index (χ4n) is 1.55. The summed E-state index contributed by atoms with van der Waals surface area (Å²) in [5, 5.41) is 0.199. The van der Waals surface area contributed by atoms with Crippen LogP contribution in [0.2, 0.25) is 10.0 Å². The summed E-state index contributed by atoms with van der Waals surface area (Å²) in [6, 6.07) is 2.82. The van der Waals surface area contributed by atoms with Crippen LogP contribution in [0.3, 0.4) is 0 Å². The topological polar surface area (TPSA) is 51.2 Å². The van der Waals surface area contributed by atoms with Gasteiger partial charge in [0.15, 0.2) is 15.6 Å². The van der Waals surface area contributed by atoms with Crippen molar-refractivity contribution in [2.45, 2.75) is 11.3 Å². The number of fused-ring (bicyclic) bond motifs is 1. The minimum Gasteiger partial charge on any atom is -0.294 e. The average Bonchev–Trinajstić information content (AvgIpc) is 2.16. The standard InChI is InChI=1S/C9H6Cl2O3S/c10-5-1-2-6(11)9-8(5)7(12)3-4-15(9,13)14/h1-2H,3-4H2. The highest BCUT2D eigenvalue weighted by molar-refractivity contribution is 7.91. The van der Waals surface area contributed by atoms with Gasteiger partial charge in [-0.25, -0.2) is 8.42 Å². The van der Waals surface area contributed by atoms with E-state index in [1.807, 2.05) is 0 Å². The Labute approximate surface area is 96.9 Å². The molecule has 2 rings (SSSR count). The zero-order chi connectivity index (χ0) is 11.2. The van der Waals surface area contributed by atoms with Crippen LogP contribution in [0.15, 0.2) is 17.0 Å². The van der Waals surface area contributed by atoms with E-state index in [9.17, 15) is 13.2 Å². The van der Waals surface area contributed by atoms with Crippen molar-refractivity contribution in [3.63, 3.8) is 0 Å². The molecule has 0 saturated carbocycles. The molecule has 0 amide bonds. The first-order valence-electron chi connectivity index (χ1n) is 4.17. The number of hydrogen-bond donors (Lipinski definition) is 0. The van der Waals surface area contributed by atoms with E-state index in [2.05, 4.69) is 0 Å². The first-order valence-corrected chi connectivity index (χ1v) is 6.58. The van der Waals surface area contributed by atoms with Crippen molar-refractivity contribution in [1.29, 1.82) is 0 Å². The largest absolute Gasteiger partial charge is 0.294 e. The Morgan fingerprint density at radius 1 is 1.13 bits per heavy atom. The third-order valence-electron chi connectivity index (χ3n) is 2.25. The van der Waals surface area contributed by atoms with Gasteiger partial charge in [-0.2, -0.15) is 0 Å². The summed E-state index contributed by atoms with van der Waals surface area (Å²) in [5.74, 6) is -0.467. The maximum Gasteiger partial charge on any atom is 0.181 e. The van der Waals surface area contributed by atoms with E-state index in [0.29, 0.717) is 0 Å². The molecule has 0 spiro atoms. The molecule has 0 fully saturated rings. The second-order valence-electron chi connectivity index (χ2n) is 3.23. The normalized spacial score (nSPS) is 18.7. The predicted octanol–water partition coefficient (Wildman–Crippen LogP) is 2.35. The molecule has 0 atom stereocenters. The molecule has 0 N–H and O–H groups in total. The highest BCUT2D eigenvalue weighted by Crippen LogP contribution is 2.35. The van der Waals surface area contributed by atoms with Crippen LogP contribution in [0.1, 0.15) is 16.8 Å². The first-order chi connectivity index (χ1) is 6.93. The van der Waals surface area contributed by atoms with E-state index in [-0.39, 0.29) is 38.5 Å². The van der Waals surface area contributed by atoms with Crippen LogP contribution in [0, 0.1) is 0 Å². The molecular formula is C9H6Cl2O3S. The van der Waals surface area contributed by atoms with E-state index in [0.717, 1.165) is 0 Å². The Balaban J connectivity index is 2.90. The van der Waals surface area contributed by atoms with Gasteiger partial charge < -0.3 is 0 Å². The molecule has 80 valence electrons. The number of Topliss-reactive ketones (excluding diaryl/α,β-unsaturated/α-hetero) is 1. The number of carbonyl (C=O) groups is 1. The number of hydrogen-bond acceptors (Lipinski definition) is 3. The molecule has 0 radical (unpaired) electrons. The number of sulfone groups is 1. The predicted molar refractivity (Wildman–Crippen MR) is 57.5 cm³/mol. The average molecular weight is 265 g/mol. The molecule has 0 bridgehead atoms. The quantitative estimate of drug-likeness (QED) is 0.723. The van der Waals surface area contributed by atoms with Crippen molar-refractivity contribution in [2.24, 2.45) is 0 Å². The lowest BCUT2D eigenvalue weighted by Gasteiger charge is -2.17. The van der Waals surface area contributed by atoms with E-state index >= 15 is 0 Å². The van der Waals surface area contributed by atoms with E-state index in [4.69, 9.17) is 23.2 Å². The summed E-state index contributed by atoms with van der Waals surface area (Å²) < 4.78 is 23.4. The van der Waals surface area contributed by atoms with Crippen molar-refractivity contribution in [1.82, 2.24) is 0 Å². The van der Waals surface area contributed by atoms with Gasteiger partial charge >= 0.3 is 0 Å². The molecule has 0 aliphatic carbocycles. The lowest BCUT2D eigenvalue weighted by atomic mass is 10.1. The van der Waals surface area contributed by atoms with Gasteiger partial charge in [-0.3, -0.25) is 4.79 Å². The zero-order valence-corrected chi connectivity index (χ0v) is 9.79. The fraction of sp³-hybridized carbons (Fsp3) is 0.222. The van der Waals surface area contributed by atoms with Crippen molar-refractivity contribution in [3.05, 3.63) is 27.7 Å². The van der Waals surface area contributed by atoms with E-state index in [1.54, 1.807) is 0 Å². The van der Waals surface area contributed by atoms with Gasteiger partial charge in [0.2, 0.25) is 0 Å². The van der Waals surface area contributed by atoms with Gasteiger partial charge in [0, 0.05) is 6.42 Å². The molecule has 1 aliphatic heterocycles. The number of halogens is 2. The Morgan fingerprint density at radius 3 is 2.33 bits per heavy atom. The third kappa shape index (κ3) is 1.67. The van der Waals surface area contributed by atoms with Gasteiger partial charge in [0.1, 0.15) is 0 Å². The van der Waals surface area contributed by atoms with Crippen molar-refractivity contribution in [3.8, 4) is 0 Å². The molecule has 1 aromatic carbocycles. The van der Waals surface area contributed by atoms with Gasteiger partial charge in [-0.15, -0.1) is 0 Å². The molecule has 3 nitrogen and oxygen atoms in total. The molecule has 6 heteroatoms. The maximum atomic E-state index is 11.7. The number of carbonyl (C=O) groups excluding carboxylic acids is 1. The second kappa shape index (κ2) is 3.47. The van der Waals surface area contributed by atoms with Crippen molar-refractivity contribution >= 4 is 38.8 Å². The van der Waals surface area contributed by atoms with E-state index < -0.39 is 9.84 Å². The van der Waals surface area contributed by atoms with Crippen LogP contribution in [0.25, 0.3) is 0 Å². The third-order valence-corrected chi connectivity index (χ3v) is 4.78. The summed E-state index contributed by atoms with van der Waals surface area (Å²) in [6.45, 7) is 0. The molecule has 1 aliphatic rings. The lowest BCUT2D eigenvalue weighted by molar-refractivity contribution is 0.0983. The van der Waals surface area contributed by atoms with Crippen LogP contribution in [0.4, 0.5) is 0 Å². The van der Waals surface area contributed by atoms with Crippen molar-refractivity contribution in [2.75, 3.05) is 5.75 Å². The maximum absolute atomic E-state index is 11.7. The smallest absolute Gasteiger partial charge is 0.181 e. The van der Waals surface area contributed by atoms with Crippen LogP contribution in [-0.2, 0) is 9.84 Å². The number of benzene rings is 1. The Hall–Kier alpha value is -0.580. The molecule has 1 heterocycles. The minimum atomic E-state index is -3.47.